The Morgan fingerprint density at radius 3 is 2.76 bits per heavy atom. The second-order valence-corrected chi connectivity index (χ2v) is 5.06. The number of nitrogens with zero attached hydrogens (tertiary/aromatic N) is 1. The van der Waals surface area contributed by atoms with Crippen molar-refractivity contribution in [2.45, 2.75) is 33.2 Å². The van der Waals surface area contributed by atoms with Crippen LogP contribution in [0, 0.1) is 5.92 Å². The molecule has 0 fully saturated rings. The van der Waals surface area contributed by atoms with E-state index in [1.54, 1.807) is 0 Å². The molecule has 1 atom stereocenters. The normalized spacial score (nSPS) is 19.2. The van der Waals surface area contributed by atoms with Gasteiger partial charge in [-0.15, -0.1) is 0 Å². The Morgan fingerprint density at radius 1 is 1.35 bits per heavy atom. The number of para-hydroxylation sites is 2. The van der Waals surface area contributed by atoms with Crippen molar-refractivity contribution < 1.29 is 4.79 Å². The van der Waals surface area contributed by atoms with Gasteiger partial charge in [-0.2, -0.15) is 0 Å². The van der Waals surface area contributed by atoms with Gasteiger partial charge in [0.1, 0.15) is 6.04 Å². The third-order valence-corrected chi connectivity index (χ3v) is 3.13. The third-order valence-electron chi connectivity index (χ3n) is 3.13. The Kier molecular flexibility index (Phi) is 3.36. The number of amides is 1. The summed E-state index contributed by atoms with van der Waals surface area (Å²) in [6.07, 6.45) is 1.03. The van der Waals surface area contributed by atoms with Gasteiger partial charge in [0.15, 0.2) is 0 Å². The maximum absolute atomic E-state index is 12.2. The largest absolute Gasteiger partial charge is 0.372 e. The summed E-state index contributed by atoms with van der Waals surface area (Å²) in [6.45, 7) is 7.09. The number of hydrogen-bond acceptors (Lipinski definition) is 2. The van der Waals surface area contributed by atoms with Gasteiger partial charge in [0.25, 0.3) is 0 Å². The summed E-state index contributed by atoms with van der Waals surface area (Å²) >= 11 is 0. The monoisotopic (exact) mass is 232 g/mol. The number of hydrogen-bond donors (Lipinski definition) is 1. The summed E-state index contributed by atoms with van der Waals surface area (Å²) in [5.74, 6) is 0.782. The van der Waals surface area contributed by atoms with Crippen LogP contribution in [-0.2, 0) is 4.79 Å². The molecular formula is C14H20N2O. The minimum absolute atomic E-state index is 0.128. The van der Waals surface area contributed by atoms with E-state index in [4.69, 9.17) is 0 Å². The van der Waals surface area contributed by atoms with Crippen molar-refractivity contribution in [3.05, 3.63) is 24.3 Å². The number of fused-ring (bicyclic) bond motifs is 1. The Morgan fingerprint density at radius 2 is 2.06 bits per heavy atom. The summed E-state index contributed by atoms with van der Waals surface area (Å²) < 4.78 is 0. The van der Waals surface area contributed by atoms with E-state index in [-0.39, 0.29) is 11.9 Å². The zero-order valence-corrected chi connectivity index (χ0v) is 10.7. The lowest BCUT2D eigenvalue weighted by molar-refractivity contribution is -0.119. The van der Waals surface area contributed by atoms with Gasteiger partial charge in [0.05, 0.1) is 11.4 Å². The van der Waals surface area contributed by atoms with Crippen LogP contribution in [0.2, 0.25) is 0 Å². The summed E-state index contributed by atoms with van der Waals surface area (Å²) in [5, 5.41) is 3.24. The van der Waals surface area contributed by atoms with Crippen LogP contribution >= 0.6 is 0 Å². The first-order valence-corrected chi connectivity index (χ1v) is 6.26. The molecule has 1 aromatic rings. The summed E-state index contributed by atoms with van der Waals surface area (Å²) in [7, 11) is 0. The summed E-state index contributed by atoms with van der Waals surface area (Å²) in [4.78, 5) is 14.1. The van der Waals surface area contributed by atoms with Gasteiger partial charge < -0.3 is 10.2 Å². The van der Waals surface area contributed by atoms with Gasteiger partial charge in [0, 0.05) is 6.54 Å². The number of carbonyl (C=O) groups is 1. The molecule has 17 heavy (non-hydrogen) atoms. The van der Waals surface area contributed by atoms with E-state index in [2.05, 4.69) is 19.2 Å². The minimum Gasteiger partial charge on any atom is -0.372 e. The van der Waals surface area contributed by atoms with Crippen LogP contribution in [0.1, 0.15) is 27.2 Å². The molecule has 0 saturated heterocycles. The van der Waals surface area contributed by atoms with E-state index >= 15 is 0 Å². The number of anilines is 2. The molecule has 0 aromatic heterocycles. The number of nitrogens with one attached hydrogen (secondary N) is 1. The van der Waals surface area contributed by atoms with Gasteiger partial charge in [-0.3, -0.25) is 4.79 Å². The van der Waals surface area contributed by atoms with Crippen LogP contribution in [-0.4, -0.2) is 18.5 Å². The SMILES string of the molecule is CC(C)CCN1C(=O)C(C)Nc2ccccc21. The molecule has 1 heterocycles. The highest BCUT2D eigenvalue weighted by molar-refractivity contribution is 6.04. The number of carbonyl (C=O) groups excluding carboxylic acids is 1. The van der Waals surface area contributed by atoms with Crippen LogP contribution in [0.15, 0.2) is 24.3 Å². The number of rotatable bonds is 3. The zero-order valence-electron chi connectivity index (χ0n) is 10.7. The molecule has 3 heteroatoms. The fraction of sp³-hybridized carbons (Fsp3) is 0.500. The molecule has 0 saturated carbocycles. The minimum atomic E-state index is -0.128. The van der Waals surface area contributed by atoms with Crippen LogP contribution in [0.4, 0.5) is 11.4 Å². The predicted octanol–water partition coefficient (Wildman–Crippen LogP) is 2.88. The molecule has 0 spiro atoms. The van der Waals surface area contributed by atoms with Crippen LogP contribution in [0.25, 0.3) is 0 Å². The highest BCUT2D eigenvalue weighted by atomic mass is 16.2. The first-order valence-electron chi connectivity index (χ1n) is 6.26. The molecule has 1 amide bonds. The molecule has 2 rings (SSSR count). The van der Waals surface area contributed by atoms with Crippen LogP contribution in [0.5, 0.6) is 0 Å². The molecule has 1 unspecified atom stereocenters. The summed E-state index contributed by atoms with van der Waals surface area (Å²) in [6, 6.07) is 7.88. The van der Waals surface area contributed by atoms with E-state index in [0.29, 0.717) is 5.92 Å². The second-order valence-electron chi connectivity index (χ2n) is 5.06. The molecule has 1 aliphatic rings. The molecule has 92 valence electrons. The van der Waals surface area contributed by atoms with E-state index < -0.39 is 0 Å². The van der Waals surface area contributed by atoms with Crippen LogP contribution < -0.4 is 10.2 Å². The second kappa shape index (κ2) is 4.78. The van der Waals surface area contributed by atoms with Crippen molar-refractivity contribution in [1.29, 1.82) is 0 Å². The smallest absolute Gasteiger partial charge is 0.249 e. The molecule has 0 bridgehead atoms. The van der Waals surface area contributed by atoms with Gasteiger partial charge in [0.2, 0.25) is 5.91 Å². The van der Waals surface area contributed by atoms with Gasteiger partial charge in [-0.1, -0.05) is 26.0 Å². The Bertz CT molecular complexity index is 414. The topological polar surface area (TPSA) is 32.3 Å². The maximum Gasteiger partial charge on any atom is 0.249 e. The molecule has 0 aliphatic carbocycles. The summed E-state index contributed by atoms with van der Waals surface area (Å²) in [5.41, 5.74) is 2.07. The van der Waals surface area contributed by atoms with E-state index in [1.165, 1.54) is 0 Å². The standard InChI is InChI=1S/C14H20N2O/c1-10(2)8-9-16-13-7-5-4-6-12(13)15-11(3)14(16)17/h4-7,10-11,15H,8-9H2,1-3H3. The van der Waals surface area contributed by atoms with Crippen molar-refractivity contribution >= 4 is 17.3 Å². The van der Waals surface area contributed by atoms with Crippen molar-refractivity contribution in [2.75, 3.05) is 16.8 Å². The van der Waals surface area contributed by atoms with Gasteiger partial charge >= 0.3 is 0 Å². The van der Waals surface area contributed by atoms with Crippen molar-refractivity contribution in [1.82, 2.24) is 0 Å². The lowest BCUT2D eigenvalue weighted by Gasteiger charge is -2.34. The number of benzene rings is 1. The Hall–Kier alpha value is -1.51. The molecule has 1 N–H and O–H groups in total. The zero-order chi connectivity index (χ0) is 12.4. The van der Waals surface area contributed by atoms with E-state index in [0.717, 1.165) is 24.3 Å². The maximum atomic E-state index is 12.2. The quantitative estimate of drug-likeness (QED) is 0.869. The molecule has 1 aromatic carbocycles. The lowest BCUT2D eigenvalue weighted by atomic mass is 10.1. The Balaban J connectivity index is 2.26. The lowest BCUT2D eigenvalue weighted by Crippen LogP contribution is -2.46. The molecular weight excluding hydrogens is 212 g/mol. The first kappa shape index (κ1) is 12.0. The van der Waals surface area contributed by atoms with Crippen molar-refractivity contribution in [3.63, 3.8) is 0 Å². The third kappa shape index (κ3) is 2.43. The fourth-order valence-electron chi connectivity index (χ4n) is 2.10. The average molecular weight is 232 g/mol. The van der Waals surface area contributed by atoms with Crippen molar-refractivity contribution in [2.24, 2.45) is 5.92 Å². The Labute approximate surface area is 103 Å². The average Bonchev–Trinajstić information content (AvgIpc) is 2.29. The van der Waals surface area contributed by atoms with Crippen molar-refractivity contribution in [3.8, 4) is 0 Å². The predicted molar refractivity (Wildman–Crippen MR) is 71.3 cm³/mol. The van der Waals surface area contributed by atoms with E-state index in [1.807, 2.05) is 36.1 Å². The molecule has 0 radical (unpaired) electrons. The van der Waals surface area contributed by atoms with Gasteiger partial charge in [-0.25, -0.2) is 0 Å². The highest BCUT2D eigenvalue weighted by Gasteiger charge is 2.28. The van der Waals surface area contributed by atoms with E-state index in [9.17, 15) is 4.79 Å². The van der Waals surface area contributed by atoms with Crippen LogP contribution in [0.3, 0.4) is 0 Å². The molecule has 3 nitrogen and oxygen atoms in total. The fourth-order valence-corrected chi connectivity index (χ4v) is 2.10. The highest BCUT2D eigenvalue weighted by Crippen LogP contribution is 2.31. The van der Waals surface area contributed by atoms with Gasteiger partial charge in [-0.05, 0) is 31.4 Å². The first-order chi connectivity index (χ1) is 8.09. The molecule has 1 aliphatic heterocycles.